The minimum Gasteiger partial charge on any atom is -0.505 e. The Morgan fingerprint density at radius 1 is 1.55 bits per heavy atom. The van der Waals surface area contributed by atoms with Crippen molar-refractivity contribution in [3.63, 3.8) is 0 Å². The van der Waals surface area contributed by atoms with Crippen molar-refractivity contribution in [1.82, 2.24) is 0 Å². The molecule has 0 aliphatic carbocycles. The van der Waals surface area contributed by atoms with Crippen LogP contribution < -0.4 is 5.73 Å². The average Bonchev–Trinajstić information content (AvgIpc) is 1.99. The van der Waals surface area contributed by atoms with Gasteiger partial charge in [-0.2, -0.15) is 0 Å². The first-order chi connectivity index (χ1) is 5.25. The lowest BCUT2D eigenvalue weighted by molar-refractivity contribution is -0.107. The van der Waals surface area contributed by atoms with Crippen LogP contribution in [0.3, 0.4) is 0 Å². The molecule has 1 aromatic rings. The number of aldehydes is 1. The van der Waals surface area contributed by atoms with Gasteiger partial charge in [0.25, 0.3) is 0 Å². The van der Waals surface area contributed by atoms with Crippen LogP contribution in [0.1, 0.15) is 5.56 Å². The molecular weight excluding hydrogens is 142 g/mol. The quantitative estimate of drug-likeness (QED) is 0.372. The number of anilines is 1. The molecule has 0 atom stereocenters. The molecule has 0 unspecified atom stereocenters. The standard InChI is InChI=1S/C8H9NO2/c9-7-3-1-2-6(4-5-10)8(7)11/h1-3,5,11H,4,9H2. The Labute approximate surface area is 64.5 Å². The Hall–Kier alpha value is -1.51. The molecule has 0 amide bonds. The molecule has 3 nitrogen and oxygen atoms in total. The van der Waals surface area contributed by atoms with Gasteiger partial charge >= 0.3 is 0 Å². The van der Waals surface area contributed by atoms with Crippen LogP contribution in [0.25, 0.3) is 0 Å². The molecule has 1 aromatic carbocycles. The topological polar surface area (TPSA) is 63.3 Å². The Morgan fingerprint density at radius 3 is 2.91 bits per heavy atom. The molecule has 3 heteroatoms. The van der Waals surface area contributed by atoms with Crippen LogP contribution in [0.2, 0.25) is 0 Å². The van der Waals surface area contributed by atoms with E-state index in [0.29, 0.717) is 11.3 Å². The highest BCUT2D eigenvalue weighted by molar-refractivity contribution is 5.63. The molecule has 0 saturated carbocycles. The van der Waals surface area contributed by atoms with Gasteiger partial charge in [-0.25, -0.2) is 0 Å². The summed E-state index contributed by atoms with van der Waals surface area (Å²) >= 11 is 0. The molecule has 0 saturated heterocycles. The van der Waals surface area contributed by atoms with Gasteiger partial charge in [0.15, 0.2) is 0 Å². The number of phenolic OH excluding ortho intramolecular Hbond substituents is 1. The summed E-state index contributed by atoms with van der Waals surface area (Å²) in [5.41, 5.74) is 6.26. The molecular formula is C8H9NO2. The van der Waals surface area contributed by atoms with E-state index in [1.807, 2.05) is 0 Å². The maximum Gasteiger partial charge on any atom is 0.142 e. The number of aromatic hydroxyl groups is 1. The Balaban J connectivity index is 3.05. The summed E-state index contributed by atoms with van der Waals surface area (Å²) in [5, 5.41) is 9.24. The average molecular weight is 151 g/mol. The van der Waals surface area contributed by atoms with Gasteiger partial charge in [0.1, 0.15) is 12.0 Å². The molecule has 11 heavy (non-hydrogen) atoms. The number of hydrogen-bond acceptors (Lipinski definition) is 3. The van der Waals surface area contributed by atoms with Crippen LogP contribution in [0.15, 0.2) is 18.2 Å². The number of para-hydroxylation sites is 1. The first kappa shape index (κ1) is 7.60. The molecule has 1 rings (SSSR count). The predicted molar refractivity (Wildman–Crippen MR) is 42.3 cm³/mol. The number of nitrogen functional groups attached to an aromatic ring is 1. The van der Waals surface area contributed by atoms with Gasteiger partial charge in [0, 0.05) is 12.0 Å². The van der Waals surface area contributed by atoms with E-state index < -0.39 is 0 Å². The summed E-state index contributed by atoms with van der Waals surface area (Å²) in [5.74, 6) is 0.0135. The summed E-state index contributed by atoms with van der Waals surface area (Å²) in [6.07, 6.45) is 0.936. The Bertz CT molecular complexity index is 271. The van der Waals surface area contributed by atoms with Crippen molar-refractivity contribution in [3.05, 3.63) is 23.8 Å². The van der Waals surface area contributed by atoms with Crippen LogP contribution in [0, 0.1) is 0 Å². The first-order valence-electron chi connectivity index (χ1n) is 3.25. The Kier molecular flexibility index (Phi) is 2.11. The number of phenols is 1. The van der Waals surface area contributed by atoms with E-state index >= 15 is 0 Å². The summed E-state index contributed by atoms with van der Waals surface area (Å²) in [6, 6.07) is 4.96. The van der Waals surface area contributed by atoms with Crippen molar-refractivity contribution in [2.75, 3.05) is 5.73 Å². The minimum absolute atomic E-state index is 0.0135. The van der Waals surface area contributed by atoms with E-state index in [4.69, 9.17) is 5.73 Å². The van der Waals surface area contributed by atoms with E-state index in [9.17, 15) is 9.90 Å². The summed E-state index contributed by atoms with van der Waals surface area (Å²) in [7, 11) is 0. The van der Waals surface area contributed by atoms with Crippen LogP contribution in [-0.4, -0.2) is 11.4 Å². The van der Waals surface area contributed by atoms with E-state index in [-0.39, 0.29) is 12.2 Å². The normalized spacial score (nSPS) is 9.45. The zero-order chi connectivity index (χ0) is 8.27. The monoisotopic (exact) mass is 151 g/mol. The lowest BCUT2D eigenvalue weighted by Gasteiger charge is -2.01. The molecule has 0 fully saturated rings. The molecule has 0 aliphatic rings. The summed E-state index contributed by atoms with van der Waals surface area (Å²) in [6.45, 7) is 0. The van der Waals surface area contributed by atoms with Gasteiger partial charge in [-0.05, 0) is 6.07 Å². The first-order valence-corrected chi connectivity index (χ1v) is 3.25. The number of benzene rings is 1. The molecule has 0 bridgehead atoms. The van der Waals surface area contributed by atoms with Crippen LogP contribution in [0.4, 0.5) is 5.69 Å². The van der Waals surface area contributed by atoms with Crippen molar-refractivity contribution in [2.45, 2.75) is 6.42 Å². The second-order valence-corrected chi connectivity index (χ2v) is 2.23. The molecule has 58 valence electrons. The maximum absolute atomic E-state index is 10.1. The van der Waals surface area contributed by atoms with E-state index in [1.165, 1.54) is 0 Å². The van der Waals surface area contributed by atoms with Crippen molar-refractivity contribution >= 4 is 12.0 Å². The van der Waals surface area contributed by atoms with Crippen molar-refractivity contribution in [1.29, 1.82) is 0 Å². The van der Waals surface area contributed by atoms with Gasteiger partial charge in [0.2, 0.25) is 0 Å². The number of carbonyl (C=O) groups excluding carboxylic acids is 1. The van der Waals surface area contributed by atoms with E-state index in [1.54, 1.807) is 18.2 Å². The van der Waals surface area contributed by atoms with Crippen LogP contribution >= 0.6 is 0 Å². The summed E-state index contributed by atoms with van der Waals surface area (Å²) in [4.78, 5) is 10.1. The third-order valence-corrected chi connectivity index (χ3v) is 1.45. The molecule has 0 radical (unpaired) electrons. The highest BCUT2D eigenvalue weighted by Gasteiger charge is 2.01. The lowest BCUT2D eigenvalue weighted by atomic mass is 10.1. The number of carbonyl (C=O) groups is 1. The second-order valence-electron chi connectivity index (χ2n) is 2.23. The third kappa shape index (κ3) is 1.49. The van der Waals surface area contributed by atoms with Gasteiger partial charge in [-0.15, -0.1) is 0 Å². The van der Waals surface area contributed by atoms with Crippen molar-refractivity contribution in [2.24, 2.45) is 0 Å². The highest BCUT2D eigenvalue weighted by atomic mass is 16.3. The largest absolute Gasteiger partial charge is 0.505 e. The maximum atomic E-state index is 10.1. The van der Waals surface area contributed by atoms with E-state index in [0.717, 1.165) is 6.29 Å². The summed E-state index contributed by atoms with van der Waals surface area (Å²) < 4.78 is 0. The van der Waals surface area contributed by atoms with Crippen LogP contribution in [-0.2, 0) is 11.2 Å². The Morgan fingerprint density at radius 2 is 2.27 bits per heavy atom. The van der Waals surface area contributed by atoms with E-state index in [2.05, 4.69) is 0 Å². The van der Waals surface area contributed by atoms with Crippen molar-refractivity contribution < 1.29 is 9.90 Å². The second kappa shape index (κ2) is 3.05. The smallest absolute Gasteiger partial charge is 0.142 e. The number of hydrogen-bond donors (Lipinski definition) is 2. The van der Waals surface area contributed by atoms with Gasteiger partial charge in [0.05, 0.1) is 5.69 Å². The third-order valence-electron chi connectivity index (χ3n) is 1.45. The molecule has 0 spiro atoms. The molecule has 0 aliphatic heterocycles. The molecule has 0 heterocycles. The fraction of sp³-hybridized carbons (Fsp3) is 0.125. The van der Waals surface area contributed by atoms with Gasteiger partial charge < -0.3 is 15.6 Å². The fourth-order valence-electron chi connectivity index (χ4n) is 0.866. The molecule has 3 N–H and O–H groups in total. The minimum atomic E-state index is 0.0135. The number of nitrogens with two attached hydrogens (primary N) is 1. The van der Waals surface area contributed by atoms with Gasteiger partial charge in [-0.1, -0.05) is 12.1 Å². The lowest BCUT2D eigenvalue weighted by Crippen LogP contribution is -1.91. The van der Waals surface area contributed by atoms with Gasteiger partial charge in [-0.3, -0.25) is 0 Å². The fourth-order valence-corrected chi connectivity index (χ4v) is 0.866. The predicted octanol–water partition coefficient (Wildman–Crippen LogP) is 0.716. The molecule has 0 aromatic heterocycles. The zero-order valence-electron chi connectivity index (χ0n) is 5.95. The van der Waals surface area contributed by atoms with Crippen LogP contribution in [0.5, 0.6) is 5.75 Å². The van der Waals surface area contributed by atoms with Crippen molar-refractivity contribution in [3.8, 4) is 5.75 Å². The number of rotatable bonds is 2. The SMILES string of the molecule is Nc1cccc(CC=O)c1O. The highest BCUT2D eigenvalue weighted by Crippen LogP contribution is 2.23. The zero-order valence-corrected chi connectivity index (χ0v) is 5.95.